The van der Waals surface area contributed by atoms with Gasteiger partial charge in [-0.2, -0.15) is 0 Å². The minimum absolute atomic E-state index is 0.0156. The van der Waals surface area contributed by atoms with Crippen LogP contribution >= 0.6 is 11.6 Å². The van der Waals surface area contributed by atoms with Crippen LogP contribution in [0.15, 0.2) is 12.1 Å². The summed E-state index contributed by atoms with van der Waals surface area (Å²) in [5.41, 5.74) is 13.0. The summed E-state index contributed by atoms with van der Waals surface area (Å²) in [6.07, 6.45) is 0.827. The fraction of sp³-hybridized carbons (Fsp3) is 0.333. The first-order valence-corrected chi connectivity index (χ1v) is 4.53. The smallest absolute Gasteiger partial charge is 0.126 e. The van der Waals surface area contributed by atoms with E-state index >= 15 is 0 Å². The molecular weight excluding hydrogens is 188 g/mol. The van der Waals surface area contributed by atoms with Crippen LogP contribution < -0.4 is 16.2 Å². The Labute approximate surface area is 81.6 Å². The van der Waals surface area contributed by atoms with Gasteiger partial charge < -0.3 is 16.2 Å². The summed E-state index contributed by atoms with van der Waals surface area (Å²) in [5.74, 6) is 0.764. The first-order valence-electron chi connectivity index (χ1n) is 4.16. The van der Waals surface area contributed by atoms with E-state index in [2.05, 4.69) is 0 Å². The van der Waals surface area contributed by atoms with Crippen LogP contribution in [0.4, 0.5) is 5.69 Å². The highest BCUT2D eigenvalue weighted by Gasteiger charge is 2.19. The molecule has 1 heterocycles. The summed E-state index contributed by atoms with van der Waals surface area (Å²) in [6.45, 7) is 0.648. The van der Waals surface area contributed by atoms with E-state index in [9.17, 15) is 0 Å². The lowest BCUT2D eigenvalue weighted by atomic mass is 10.0. The molecule has 0 aliphatic carbocycles. The van der Waals surface area contributed by atoms with Crippen molar-refractivity contribution in [2.75, 3.05) is 12.3 Å². The number of nitrogen functional groups attached to an aromatic ring is 1. The summed E-state index contributed by atoms with van der Waals surface area (Å²) in [5, 5.41) is 0.541. The van der Waals surface area contributed by atoms with Gasteiger partial charge in [-0.1, -0.05) is 11.6 Å². The molecule has 3 nitrogen and oxygen atoms in total. The molecule has 1 unspecified atom stereocenters. The van der Waals surface area contributed by atoms with Crippen LogP contribution in [0.1, 0.15) is 18.0 Å². The van der Waals surface area contributed by atoms with Crippen LogP contribution in [0.2, 0.25) is 5.02 Å². The molecule has 0 fully saturated rings. The molecule has 1 aliphatic heterocycles. The zero-order valence-corrected chi connectivity index (χ0v) is 7.84. The molecule has 0 saturated heterocycles. The summed E-state index contributed by atoms with van der Waals surface area (Å²) < 4.78 is 5.41. The number of hydrogen-bond donors (Lipinski definition) is 2. The molecule has 1 atom stereocenters. The second kappa shape index (κ2) is 3.09. The summed E-state index contributed by atoms with van der Waals surface area (Å²) in [7, 11) is 0. The number of anilines is 1. The van der Waals surface area contributed by atoms with Crippen molar-refractivity contribution in [1.29, 1.82) is 0 Å². The molecular formula is C9H11ClN2O. The Kier molecular flexibility index (Phi) is 2.06. The Balaban J connectivity index is 2.52. The van der Waals surface area contributed by atoms with E-state index in [1.54, 1.807) is 12.1 Å². The number of hydrogen-bond acceptors (Lipinski definition) is 3. The Morgan fingerprint density at radius 2 is 2.23 bits per heavy atom. The fourth-order valence-corrected chi connectivity index (χ4v) is 1.62. The van der Waals surface area contributed by atoms with E-state index in [1.807, 2.05) is 0 Å². The standard InChI is InChI=1S/C9H11ClN2O/c10-6-3-5-7(11)1-2-13-9(5)4-8(6)12/h3-4,7H,1-2,11-12H2. The SMILES string of the molecule is Nc1cc2c(cc1Cl)C(N)CCO2. The monoisotopic (exact) mass is 198 g/mol. The minimum atomic E-state index is 0.0156. The van der Waals surface area contributed by atoms with E-state index in [-0.39, 0.29) is 6.04 Å². The van der Waals surface area contributed by atoms with Gasteiger partial charge in [-0.25, -0.2) is 0 Å². The van der Waals surface area contributed by atoms with E-state index in [1.165, 1.54) is 0 Å². The van der Waals surface area contributed by atoms with E-state index in [4.69, 9.17) is 27.8 Å². The van der Waals surface area contributed by atoms with Crippen molar-refractivity contribution in [3.8, 4) is 5.75 Å². The topological polar surface area (TPSA) is 61.3 Å². The van der Waals surface area contributed by atoms with E-state index in [0.29, 0.717) is 17.3 Å². The van der Waals surface area contributed by atoms with Gasteiger partial charge in [-0.3, -0.25) is 0 Å². The molecule has 70 valence electrons. The first kappa shape index (κ1) is 8.66. The molecule has 1 aromatic carbocycles. The van der Waals surface area contributed by atoms with E-state index < -0.39 is 0 Å². The molecule has 1 aromatic rings. The number of ether oxygens (including phenoxy) is 1. The number of benzene rings is 1. The van der Waals surface area contributed by atoms with Gasteiger partial charge in [0.2, 0.25) is 0 Å². The Bertz CT molecular complexity index is 341. The van der Waals surface area contributed by atoms with Crippen LogP contribution in [0.3, 0.4) is 0 Å². The van der Waals surface area contributed by atoms with Crippen molar-refractivity contribution >= 4 is 17.3 Å². The van der Waals surface area contributed by atoms with Gasteiger partial charge in [0.25, 0.3) is 0 Å². The zero-order valence-electron chi connectivity index (χ0n) is 7.09. The van der Waals surface area contributed by atoms with Crippen molar-refractivity contribution in [1.82, 2.24) is 0 Å². The maximum absolute atomic E-state index is 5.89. The third-order valence-electron chi connectivity index (χ3n) is 2.22. The number of nitrogens with two attached hydrogens (primary N) is 2. The third-order valence-corrected chi connectivity index (χ3v) is 2.54. The largest absolute Gasteiger partial charge is 0.493 e. The highest BCUT2D eigenvalue weighted by Crippen LogP contribution is 2.35. The average molecular weight is 199 g/mol. The number of rotatable bonds is 0. The van der Waals surface area contributed by atoms with Gasteiger partial charge in [0, 0.05) is 24.1 Å². The lowest BCUT2D eigenvalue weighted by Crippen LogP contribution is -2.20. The van der Waals surface area contributed by atoms with Crippen molar-refractivity contribution < 1.29 is 4.74 Å². The molecule has 0 saturated carbocycles. The molecule has 0 radical (unpaired) electrons. The lowest BCUT2D eigenvalue weighted by molar-refractivity contribution is 0.269. The number of fused-ring (bicyclic) bond motifs is 1. The van der Waals surface area contributed by atoms with Crippen molar-refractivity contribution in [2.24, 2.45) is 5.73 Å². The van der Waals surface area contributed by atoms with Crippen LogP contribution in [-0.4, -0.2) is 6.61 Å². The van der Waals surface area contributed by atoms with Gasteiger partial charge >= 0.3 is 0 Å². The molecule has 13 heavy (non-hydrogen) atoms. The van der Waals surface area contributed by atoms with Gasteiger partial charge in [-0.05, 0) is 6.07 Å². The summed E-state index contributed by atoms with van der Waals surface area (Å²) >= 11 is 5.87. The quantitative estimate of drug-likeness (QED) is 0.624. The lowest BCUT2D eigenvalue weighted by Gasteiger charge is -2.23. The Hall–Kier alpha value is -0.930. The van der Waals surface area contributed by atoms with Crippen molar-refractivity contribution in [3.05, 3.63) is 22.7 Å². The molecule has 1 aliphatic rings. The highest BCUT2D eigenvalue weighted by atomic mass is 35.5. The van der Waals surface area contributed by atoms with Gasteiger partial charge in [0.05, 0.1) is 17.3 Å². The molecule has 4 N–H and O–H groups in total. The molecule has 0 aromatic heterocycles. The Morgan fingerprint density at radius 1 is 1.46 bits per heavy atom. The van der Waals surface area contributed by atoms with Gasteiger partial charge in [0.1, 0.15) is 5.75 Å². The predicted octanol–water partition coefficient (Wildman–Crippen LogP) is 1.70. The second-order valence-corrected chi connectivity index (χ2v) is 3.56. The maximum atomic E-state index is 5.89. The van der Waals surface area contributed by atoms with Crippen LogP contribution in [-0.2, 0) is 0 Å². The molecule has 2 rings (SSSR count). The molecule has 4 heteroatoms. The average Bonchev–Trinajstić information content (AvgIpc) is 2.09. The number of halogens is 1. The van der Waals surface area contributed by atoms with Crippen molar-refractivity contribution in [2.45, 2.75) is 12.5 Å². The highest BCUT2D eigenvalue weighted by molar-refractivity contribution is 6.33. The first-order chi connectivity index (χ1) is 6.18. The fourth-order valence-electron chi connectivity index (χ4n) is 1.45. The van der Waals surface area contributed by atoms with Gasteiger partial charge in [0.15, 0.2) is 0 Å². The van der Waals surface area contributed by atoms with Crippen molar-refractivity contribution in [3.63, 3.8) is 0 Å². The van der Waals surface area contributed by atoms with E-state index in [0.717, 1.165) is 17.7 Å². The minimum Gasteiger partial charge on any atom is -0.493 e. The zero-order chi connectivity index (χ0) is 9.42. The second-order valence-electron chi connectivity index (χ2n) is 3.16. The Morgan fingerprint density at radius 3 is 3.00 bits per heavy atom. The molecule has 0 bridgehead atoms. The normalized spacial score (nSPS) is 20.6. The maximum Gasteiger partial charge on any atom is 0.126 e. The van der Waals surface area contributed by atoms with Crippen LogP contribution in [0.25, 0.3) is 0 Å². The summed E-state index contributed by atoms with van der Waals surface area (Å²) in [4.78, 5) is 0. The van der Waals surface area contributed by atoms with Gasteiger partial charge in [-0.15, -0.1) is 0 Å². The van der Waals surface area contributed by atoms with Crippen LogP contribution in [0.5, 0.6) is 5.75 Å². The summed E-state index contributed by atoms with van der Waals surface area (Å²) in [6, 6.07) is 3.54. The third kappa shape index (κ3) is 1.45. The predicted molar refractivity (Wildman–Crippen MR) is 52.9 cm³/mol. The molecule has 0 amide bonds. The molecule has 0 spiro atoms. The van der Waals surface area contributed by atoms with Crippen LogP contribution in [0, 0.1) is 0 Å².